The number of nitrogens with zero attached hydrogens (tertiary/aromatic N) is 2. The molecule has 0 aromatic heterocycles. The molecule has 6 heteroatoms. The maximum absolute atomic E-state index is 15.0. The van der Waals surface area contributed by atoms with Gasteiger partial charge in [-0.3, -0.25) is 9.59 Å². The van der Waals surface area contributed by atoms with Crippen LogP contribution in [0.1, 0.15) is 69.8 Å². The lowest BCUT2D eigenvalue weighted by Gasteiger charge is -2.46. The highest BCUT2D eigenvalue weighted by molar-refractivity contribution is 5.89. The fourth-order valence-corrected chi connectivity index (χ4v) is 6.75. The Labute approximate surface area is 220 Å². The van der Waals surface area contributed by atoms with Crippen molar-refractivity contribution in [1.82, 2.24) is 9.80 Å². The van der Waals surface area contributed by atoms with Crippen molar-refractivity contribution in [1.29, 1.82) is 0 Å². The van der Waals surface area contributed by atoms with Crippen LogP contribution in [0.3, 0.4) is 0 Å². The summed E-state index contributed by atoms with van der Waals surface area (Å²) in [5.41, 5.74) is -0.752. The van der Waals surface area contributed by atoms with Crippen LogP contribution in [-0.2, 0) is 15.0 Å². The van der Waals surface area contributed by atoms with Crippen molar-refractivity contribution in [3.05, 3.63) is 66.0 Å². The molecule has 3 aliphatic rings. The van der Waals surface area contributed by atoms with E-state index in [1.807, 2.05) is 46.2 Å². The van der Waals surface area contributed by atoms with Crippen LogP contribution in [0.15, 0.2) is 54.6 Å². The van der Waals surface area contributed by atoms with Gasteiger partial charge >= 0.3 is 0 Å². The standard InChI is InChI=1S/C31H39FN2O3/c32-27-15-6-5-14-26(27)31(17-7-8-18-31)29(36)34-21-11-16-30(23-34,24-37-25-12-3-1-4-13-25)22-28(35)33-19-9-2-10-20-33/h1,3-6,12-15H,2,7-11,16-24H2/t30-/m0/s1. The second-order valence-corrected chi connectivity index (χ2v) is 11.3. The molecular formula is C31H39FN2O3. The number of ether oxygens (including phenoxy) is 1. The largest absolute Gasteiger partial charge is 0.493 e. The molecule has 2 heterocycles. The lowest BCUT2D eigenvalue weighted by molar-refractivity contribution is -0.145. The van der Waals surface area contributed by atoms with Gasteiger partial charge in [-0.25, -0.2) is 4.39 Å². The number of benzene rings is 2. The summed E-state index contributed by atoms with van der Waals surface area (Å²) in [6.45, 7) is 3.11. The fourth-order valence-electron chi connectivity index (χ4n) is 6.75. The number of para-hydroxylation sites is 1. The first-order valence-electron chi connectivity index (χ1n) is 14.0. The van der Waals surface area contributed by atoms with Crippen LogP contribution in [0.5, 0.6) is 5.75 Å². The Balaban J connectivity index is 1.40. The molecule has 1 atom stereocenters. The van der Waals surface area contributed by atoms with Crippen molar-refractivity contribution in [2.75, 3.05) is 32.8 Å². The van der Waals surface area contributed by atoms with Crippen molar-refractivity contribution >= 4 is 11.8 Å². The predicted molar refractivity (Wildman–Crippen MR) is 142 cm³/mol. The number of halogens is 1. The van der Waals surface area contributed by atoms with E-state index < -0.39 is 10.8 Å². The summed E-state index contributed by atoms with van der Waals surface area (Å²) in [5.74, 6) is 0.655. The minimum Gasteiger partial charge on any atom is -0.493 e. The van der Waals surface area contributed by atoms with E-state index in [4.69, 9.17) is 4.74 Å². The van der Waals surface area contributed by atoms with Gasteiger partial charge in [-0.1, -0.05) is 49.2 Å². The van der Waals surface area contributed by atoms with Crippen molar-refractivity contribution in [3.63, 3.8) is 0 Å². The van der Waals surface area contributed by atoms with Crippen LogP contribution in [0.25, 0.3) is 0 Å². The number of carbonyl (C=O) groups is 2. The third-order valence-corrected chi connectivity index (χ3v) is 8.73. The van der Waals surface area contributed by atoms with E-state index in [1.54, 1.807) is 12.1 Å². The van der Waals surface area contributed by atoms with Crippen LogP contribution < -0.4 is 4.74 Å². The third-order valence-electron chi connectivity index (χ3n) is 8.73. The Hall–Kier alpha value is -2.89. The number of hydrogen-bond acceptors (Lipinski definition) is 3. The van der Waals surface area contributed by atoms with Crippen LogP contribution >= 0.6 is 0 Å². The number of likely N-dealkylation sites (tertiary alicyclic amines) is 2. The van der Waals surface area contributed by atoms with Gasteiger partial charge in [0, 0.05) is 43.6 Å². The van der Waals surface area contributed by atoms with Gasteiger partial charge in [0.25, 0.3) is 0 Å². The Bertz CT molecular complexity index is 1080. The molecule has 2 aliphatic heterocycles. The summed E-state index contributed by atoms with van der Waals surface area (Å²) in [7, 11) is 0. The lowest BCUT2D eigenvalue weighted by atomic mass is 9.73. The molecular weight excluding hydrogens is 467 g/mol. The van der Waals surface area contributed by atoms with Crippen LogP contribution in [0.4, 0.5) is 4.39 Å². The van der Waals surface area contributed by atoms with E-state index >= 15 is 4.39 Å². The van der Waals surface area contributed by atoms with E-state index in [9.17, 15) is 9.59 Å². The highest BCUT2D eigenvalue weighted by Crippen LogP contribution is 2.45. The number of hydrogen-bond donors (Lipinski definition) is 0. The van der Waals surface area contributed by atoms with Crippen molar-refractivity contribution in [3.8, 4) is 5.75 Å². The topological polar surface area (TPSA) is 49.9 Å². The Kier molecular flexibility index (Phi) is 7.82. The van der Waals surface area contributed by atoms with Gasteiger partial charge in [0.1, 0.15) is 11.6 Å². The molecule has 2 aromatic carbocycles. The molecule has 5 rings (SSSR count). The predicted octanol–water partition coefficient (Wildman–Crippen LogP) is 5.73. The highest BCUT2D eigenvalue weighted by Gasteiger charge is 2.49. The fraction of sp³-hybridized carbons (Fsp3) is 0.548. The van der Waals surface area contributed by atoms with Gasteiger partial charge in [-0.2, -0.15) is 0 Å². The average molecular weight is 507 g/mol. The zero-order valence-corrected chi connectivity index (χ0v) is 21.8. The van der Waals surface area contributed by atoms with Gasteiger partial charge in [-0.15, -0.1) is 0 Å². The molecule has 0 radical (unpaired) electrons. The second kappa shape index (κ2) is 11.2. The number of carbonyl (C=O) groups excluding carboxylic acids is 2. The molecule has 0 spiro atoms. The normalized spacial score (nSPS) is 23.6. The molecule has 2 amide bonds. The molecule has 0 bridgehead atoms. The van der Waals surface area contributed by atoms with E-state index in [1.165, 1.54) is 12.5 Å². The molecule has 3 fully saturated rings. The maximum Gasteiger partial charge on any atom is 0.233 e. The Morgan fingerprint density at radius 1 is 0.784 bits per heavy atom. The molecule has 2 saturated heterocycles. The number of rotatable bonds is 7. The monoisotopic (exact) mass is 506 g/mol. The smallest absolute Gasteiger partial charge is 0.233 e. The van der Waals surface area contributed by atoms with E-state index in [0.717, 1.165) is 57.4 Å². The van der Waals surface area contributed by atoms with Gasteiger partial charge in [0.2, 0.25) is 11.8 Å². The van der Waals surface area contributed by atoms with E-state index in [0.29, 0.717) is 44.5 Å². The van der Waals surface area contributed by atoms with Gasteiger partial charge in [-0.05, 0) is 63.1 Å². The summed E-state index contributed by atoms with van der Waals surface area (Å²) in [5, 5.41) is 0. The first-order chi connectivity index (χ1) is 18.0. The molecule has 5 nitrogen and oxygen atoms in total. The lowest BCUT2D eigenvalue weighted by Crippen LogP contribution is -2.55. The zero-order valence-electron chi connectivity index (χ0n) is 21.8. The minimum absolute atomic E-state index is 0.0179. The van der Waals surface area contributed by atoms with Gasteiger partial charge in [0.05, 0.1) is 12.0 Å². The summed E-state index contributed by atoms with van der Waals surface area (Å²) >= 11 is 0. The van der Waals surface area contributed by atoms with E-state index in [-0.39, 0.29) is 17.6 Å². The van der Waals surface area contributed by atoms with Crippen LogP contribution in [0.2, 0.25) is 0 Å². The maximum atomic E-state index is 15.0. The molecule has 198 valence electrons. The summed E-state index contributed by atoms with van der Waals surface area (Å²) in [4.78, 5) is 31.6. The minimum atomic E-state index is -0.814. The van der Waals surface area contributed by atoms with Crippen molar-refractivity contribution < 1.29 is 18.7 Å². The van der Waals surface area contributed by atoms with Gasteiger partial charge < -0.3 is 14.5 Å². The molecule has 1 saturated carbocycles. The zero-order chi connectivity index (χ0) is 25.7. The average Bonchev–Trinajstić information content (AvgIpc) is 3.44. The van der Waals surface area contributed by atoms with Crippen LogP contribution in [-0.4, -0.2) is 54.4 Å². The van der Waals surface area contributed by atoms with Crippen LogP contribution in [0, 0.1) is 11.2 Å². The quantitative estimate of drug-likeness (QED) is 0.482. The first kappa shape index (κ1) is 25.7. The molecule has 37 heavy (non-hydrogen) atoms. The van der Waals surface area contributed by atoms with E-state index in [2.05, 4.69) is 0 Å². The Morgan fingerprint density at radius 3 is 2.19 bits per heavy atom. The van der Waals surface area contributed by atoms with Crippen molar-refractivity contribution in [2.45, 2.75) is 69.6 Å². The highest BCUT2D eigenvalue weighted by atomic mass is 19.1. The summed E-state index contributed by atoms with van der Waals surface area (Å²) < 4.78 is 21.3. The second-order valence-electron chi connectivity index (χ2n) is 11.3. The number of amides is 2. The third kappa shape index (κ3) is 5.53. The molecule has 1 aliphatic carbocycles. The van der Waals surface area contributed by atoms with Crippen molar-refractivity contribution in [2.24, 2.45) is 5.41 Å². The Morgan fingerprint density at radius 2 is 1.46 bits per heavy atom. The molecule has 0 N–H and O–H groups in total. The summed E-state index contributed by atoms with van der Waals surface area (Å²) in [6.07, 6.45) is 8.47. The summed E-state index contributed by atoms with van der Waals surface area (Å²) in [6, 6.07) is 16.5. The molecule has 0 unspecified atom stereocenters. The van der Waals surface area contributed by atoms with Gasteiger partial charge in [0.15, 0.2) is 0 Å². The number of piperidine rings is 2. The molecule has 2 aromatic rings. The first-order valence-corrected chi connectivity index (χ1v) is 14.0. The SMILES string of the molecule is O=C(C[C@@]1(COc2ccccc2)CCCN(C(=O)C2(c3ccccc3F)CCCC2)C1)N1CCCCC1.